The summed E-state index contributed by atoms with van der Waals surface area (Å²) in [6.07, 6.45) is 6.86. The number of amides is 1. The average molecular weight is 249 g/mol. The van der Waals surface area contributed by atoms with E-state index in [1.54, 1.807) is 0 Å². The van der Waals surface area contributed by atoms with Crippen LogP contribution in [0.5, 0.6) is 0 Å². The summed E-state index contributed by atoms with van der Waals surface area (Å²) in [5.74, 6) is 2.62. The molecule has 1 aromatic heterocycles. The molecule has 1 amide bonds. The van der Waals surface area contributed by atoms with Crippen molar-refractivity contribution in [3.63, 3.8) is 0 Å². The predicted octanol–water partition coefficient (Wildman–Crippen LogP) is 0.413. The van der Waals surface area contributed by atoms with Gasteiger partial charge in [-0.05, 0) is 43.4 Å². The lowest BCUT2D eigenvalue weighted by Gasteiger charge is -2.16. The molecule has 3 N–H and O–H groups in total. The van der Waals surface area contributed by atoms with Crippen LogP contribution in [0.4, 0.5) is 5.95 Å². The summed E-state index contributed by atoms with van der Waals surface area (Å²) in [5.41, 5.74) is 5.40. The smallest absolute Gasteiger partial charge is 0.241 e. The van der Waals surface area contributed by atoms with Crippen LogP contribution < -0.4 is 11.1 Å². The van der Waals surface area contributed by atoms with Gasteiger partial charge in [-0.15, -0.1) is 5.10 Å². The van der Waals surface area contributed by atoms with Gasteiger partial charge in [0.15, 0.2) is 0 Å². The van der Waals surface area contributed by atoms with Gasteiger partial charge in [0, 0.05) is 6.54 Å². The first-order valence-electron chi connectivity index (χ1n) is 6.64. The number of hydrogen-bond donors (Lipinski definition) is 2. The molecule has 0 saturated heterocycles. The Hall–Kier alpha value is -1.59. The van der Waals surface area contributed by atoms with Crippen molar-refractivity contribution in [2.24, 2.45) is 17.8 Å². The maximum absolute atomic E-state index is 11.8. The van der Waals surface area contributed by atoms with E-state index in [1.807, 2.05) is 0 Å². The van der Waals surface area contributed by atoms with Gasteiger partial charge in [-0.3, -0.25) is 4.79 Å². The first-order valence-corrected chi connectivity index (χ1v) is 6.64. The van der Waals surface area contributed by atoms with Crippen LogP contribution in [-0.4, -0.2) is 27.2 Å². The normalized spacial score (nSPS) is 19.2. The van der Waals surface area contributed by atoms with E-state index in [9.17, 15) is 4.79 Å². The van der Waals surface area contributed by atoms with Crippen molar-refractivity contribution in [3.8, 4) is 0 Å². The van der Waals surface area contributed by atoms with E-state index in [2.05, 4.69) is 15.4 Å². The molecule has 0 spiro atoms. The SMILES string of the molecule is Nc1ncn(CC(=O)NCC(C2CC2)C2CC2)n1. The Morgan fingerprint density at radius 3 is 2.61 bits per heavy atom. The summed E-state index contributed by atoms with van der Waals surface area (Å²) in [5, 5.41) is 6.91. The van der Waals surface area contributed by atoms with Gasteiger partial charge < -0.3 is 11.1 Å². The van der Waals surface area contributed by atoms with Crippen LogP contribution in [-0.2, 0) is 11.3 Å². The van der Waals surface area contributed by atoms with E-state index in [4.69, 9.17) is 5.73 Å². The van der Waals surface area contributed by atoms with Crippen LogP contribution in [0.3, 0.4) is 0 Å². The van der Waals surface area contributed by atoms with Crippen molar-refractivity contribution >= 4 is 11.9 Å². The summed E-state index contributed by atoms with van der Waals surface area (Å²) >= 11 is 0. The van der Waals surface area contributed by atoms with Crippen LogP contribution >= 0.6 is 0 Å². The molecule has 2 aliphatic rings. The zero-order chi connectivity index (χ0) is 12.5. The third kappa shape index (κ3) is 2.80. The molecule has 98 valence electrons. The quantitative estimate of drug-likeness (QED) is 0.764. The number of rotatable bonds is 6. The third-order valence-electron chi connectivity index (χ3n) is 3.85. The minimum absolute atomic E-state index is 0.00815. The molecular formula is C12H19N5O. The number of aromatic nitrogens is 3. The fourth-order valence-corrected chi connectivity index (χ4v) is 2.59. The number of anilines is 1. The number of nitrogen functional groups attached to an aromatic ring is 1. The topological polar surface area (TPSA) is 85.8 Å². The Labute approximate surface area is 106 Å². The van der Waals surface area contributed by atoms with Crippen LogP contribution in [0, 0.1) is 17.8 Å². The molecule has 0 bridgehead atoms. The van der Waals surface area contributed by atoms with Crippen molar-refractivity contribution in [2.75, 3.05) is 12.3 Å². The highest BCUT2D eigenvalue weighted by Gasteiger charge is 2.41. The lowest BCUT2D eigenvalue weighted by molar-refractivity contribution is -0.122. The van der Waals surface area contributed by atoms with Gasteiger partial charge in [0.25, 0.3) is 0 Å². The number of carbonyl (C=O) groups is 1. The molecule has 0 aliphatic heterocycles. The number of nitrogens with two attached hydrogens (primary N) is 1. The van der Waals surface area contributed by atoms with Gasteiger partial charge in [-0.25, -0.2) is 9.67 Å². The maximum Gasteiger partial charge on any atom is 0.241 e. The first kappa shape index (κ1) is 11.5. The Morgan fingerprint density at radius 2 is 2.11 bits per heavy atom. The molecule has 0 atom stereocenters. The van der Waals surface area contributed by atoms with E-state index in [0.29, 0.717) is 5.92 Å². The van der Waals surface area contributed by atoms with Gasteiger partial charge in [0.1, 0.15) is 12.9 Å². The second-order valence-corrected chi connectivity index (χ2v) is 5.44. The molecule has 0 aromatic carbocycles. The predicted molar refractivity (Wildman–Crippen MR) is 66.4 cm³/mol. The lowest BCUT2D eigenvalue weighted by Crippen LogP contribution is -2.33. The van der Waals surface area contributed by atoms with Gasteiger partial charge in [-0.2, -0.15) is 0 Å². The first-order chi connectivity index (χ1) is 8.72. The van der Waals surface area contributed by atoms with Crippen LogP contribution in [0.15, 0.2) is 6.33 Å². The molecule has 0 unspecified atom stereocenters. The molecule has 2 saturated carbocycles. The Bertz CT molecular complexity index is 423. The zero-order valence-electron chi connectivity index (χ0n) is 10.4. The second-order valence-electron chi connectivity index (χ2n) is 5.44. The molecule has 18 heavy (non-hydrogen) atoms. The van der Waals surface area contributed by atoms with Gasteiger partial charge in [0.2, 0.25) is 11.9 Å². The number of hydrogen-bond acceptors (Lipinski definition) is 4. The number of nitrogens with zero attached hydrogens (tertiary/aromatic N) is 3. The Morgan fingerprint density at radius 1 is 1.44 bits per heavy atom. The largest absolute Gasteiger partial charge is 0.367 e. The van der Waals surface area contributed by atoms with Crippen molar-refractivity contribution in [1.29, 1.82) is 0 Å². The zero-order valence-corrected chi connectivity index (χ0v) is 10.4. The monoisotopic (exact) mass is 249 g/mol. The highest BCUT2D eigenvalue weighted by molar-refractivity contribution is 5.75. The minimum atomic E-state index is -0.00815. The molecule has 0 radical (unpaired) electrons. The van der Waals surface area contributed by atoms with E-state index >= 15 is 0 Å². The second kappa shape index (κ2) is 4.59. The Balaban J connectivity index is 1.45. The van der Waals surface area contributed by atoms with E-state index in [1.165, 1.54) is 36.7 Å². The molecule has 6 heteroatoms. The van der Waals surface area contributed by atoms with Crippen molar-refractivity contribution in [1.82, 2.24) is 20.1 Å². The maximum atomic E-state index is 11.8. The molecule has 2 fully saturated rings. The van der Waals surface area contributed by atoms with Crippen molar-refractivity contribution in [2.45, 2.75) is 32.2 Å². The number of nitrogens with one attached hydrogen (secondary N) is 1. The fourth-order valence-electron chi connectivity index (χ4n) is 2.59. The standard InChI is InChI=1S/C12H19N5O/c13-12-15-7-17(16-12)6-11(18)14-5-10(8-1-2-8)9-3-4-9/h7-10H,1-6H2,(H2,13,16)(H,14,18). The summed E-state index contributed by atoms with van der Waals surface area (Å²) in [6.45, 7) is 1.02. The highest BCUT2D eigenvalue weighted by Crippen LogP contribution is 2.48. The van der Waals surface area contributed by atoms with E-state index in [-0.39, 0.29) is 18.4 Å². The van der Waals surface area contributed by atoms with E-state index in [0.717, 1.165) is 18.4 Å². The van der Waals surface area contributed by atoms with Crippen molar-refractivity contribution in [3.05, 3.63) is 6.33 Å². The lowest BCUT2D eigenvalue weighted by atomic mass is 9.98. The summed E-state index contributed by atoms with van der Waals surface area (Å²) in [6, 6.07) is 0. The van der Waals surface area contributed by atoms with Crippen molar-refractivity contribution < 1.29 is 4.79 Å². The highest BCUT2D eigenvalue weighted by atomic mass is 16.2. The minimum Gasteiger partial charge on any atom is -0.367 e. The fraction of sp³-hybridized carbons (Fsp3) is 0.750. The Kier molecular flexibility index (Phi) is 2.93. The average Bonchev–Trinajstić information content (AvgIpc) is 3.21. The molecule has 1 aromatic rings. The summed E-state index contributed by atoms with van der Waals surface area (Å²) in [7, 11) is 0. The van der Waals surface area contributed by atoms with Gasteiger partial charge in [0.05, 0.1) is 0 Å². The summed E-state index contributed by atoms with van der Waals surface area (Å²) < 4.78 is 1.47. The van der Waals surface area contributed by atoms with Crippen LogP contribution in [0.1, 0.15) is 25.7 Å². The van der Waals surface area contributed by atoms with Gasteiger partial charge >= 0.3 is 0 Å². The molecular weight excluding hydrogens is 230 g/mol. The number of carbonyl (C=O) groups excluding carboxylic acids is 1. The van der Waals surface area contributed by atoms with E-state index < -0.39 is 0 Å². The summed E-state index contributed by atoms with van der Waals surface area (Å²) in [4.78, 5) is 15.6. The molecule has 6 nitrogen and oxygen atoms in total. The van der Waals surface area contributed by atoms with Gasteiger partial charge in [-0.1, -0.05) is 0 Å². The molecule has 3 rings (SSSR count). The molecule has 2 aliphatic carbocycles. The molecule has 1 heterocycles. The van der Waals surface area contributed by atoms with Crippen LogP contribution in [0.25, 0.3) is 0 Å². The third-order valence-corrected chi connectivity index (χ3v) is 3.85. The van der Waals surface area contributed by atoms with Crippen LogP contribution in [0.2, 0.25) is 0 Å².